The zero-order valence-electron chi connectivity index (χ0n) is 12.2. The first-order valence-electron chi connectivity index (χ1n) is 6.75. The molecule has 1 heterocycles. The molecule has 0 saturated carbocycles. The Balaban J connectivity index is 3.09. The van der Waals surface area contributed by atoms with E-state index in [1.165, 1.54) is 0 Å². The van der Waals surface area contributed by atoms with Gasteiger partial charge in [-0.1, -0.05) is 6.92 Å². The molecule has 4 nitrogen and oxygen atoms in total. The van der Waals surface area contributed by atoms with Crippen molar-refractivity contribution in [1.29, 1.82) is 5.26 Å². The van der Waals surface area contributed by atoms with Crippen LogP contribution in [0, 0.1) is 11.3 Å². The zero-order valence-corrected chi connectivity index (χ0v) is 12.2. The minimum atomic E-state index is -0.286. The summed E-state index contributed by atoms with van der Waals surface area (Å²) >= 11 is 0. The van der Waals surface area contributed by atoms with Crippen LogP contribution in [0.4, 0.5) is 0 Å². The number of rotatable bonds is 3. The van der Waals surface area contributed by atoms with Gasteiger partial charge in [0, 0.05) is 18.1 Å². The van der Waals surface area contributed by atoms with Gasteiger partial charge in [-0.15, -0.1) is 0 Å². The summed E-state index contributed by atoms with van der Waals surface area (Å²) in [4.78, 5) is 16.7. The van der Waals surface area contributed by atoms with Crippen LogP contribution >= 0.6 is 0 Å². The summed E-state index contributed by atoms with van der Waals surface area (Å²) in [5.74, 6) is 0.107. The van der Waals surface area contributed by atoms with Crippen LogP contribution in [0.25, 0.3) is 0 Å². The van der Waals surface area contributed by atoms with Crippen molar-refractivity contribution in [2.24, 2.45) is 0 Å². The maximum absolute atomic E-state index is 12.7. The van der Waals surface area contributed by atoms with Crippen molar-refractivity contribution >= 4 is 5.91 Å². The molecule has 102 valence electrons. The van der Waals surface area contributed by atoms with Gasteiger partial charge in [0.2, 0.25) is 5.91 Å². The molecule has 1 saturated heterocycles. The van der Waals surface area contributed by atoms with Crippen LogP contribution in [-0.4, -0.2) is 46.9 Å². The number of hydrogen-bond acceptors (Lipinski definition) is 3. The third-order valence-electron chi connectivity index (χ3n) is 4.10. The Morgan fingerprint density at radius 3 is 2.67 bits per heavy atom. The fraction of sp³-hybridized carbons (Fsp3) is 0.857. The smallest absolute Gasteiger partial charge is 0.241 e. The summed E-state index contributed by atoms with van der Waals surface area (Å²) in [6.45, 7) is 9.30. The summed E-state index contributed by atoms with van der Waals surface area (Å²) in [6, 6.07) is 2.08. The predicted molar refractivity (Wildman–Crippen MR) is 71.9 cm³/mol. The molecule has 2 unspecified atom stereocenters. The Morgan fingerprint density at radius 2 is 2.17 bits per heavy atom. The van der Waals surface area contributed by atoms with Gasteiger partial charge in [-0.05, 0) is 40.7 Å². The standard InChI is InChI=1S/C14H25N3O/c1-6-11(2)17-13(18)12(7-9-15)16(5)10-8-14(17,3)4/h11-12H,6-8,10H2,1-5H3. The zero-order chi connectivity index (χ0) is 13.9. The molecule has 0 aliphatic carbocycles. The molecule has 0 aromatic rings. The lowest BCUT2D eigenvalue weighted by Gasteiger charge is -2.42. The molecule has 18 heavy (non-hydrogen) atoms. The van der Waals surface area contributed by atoms with Gasteiger partial charge < -0.3 is 4.90 Å². The number of amides is 1. The van der Waals surface area contributed by atoms with Gasteiger partial charge in [0.15, 0.2) is 0 Å². The molecular weight excluding hydrogens is 226 g/mol. The first-order valence-corrected chi connectivity index (χ1v) is 6.75. The van der Waals surface area contributed by atoms with E-state index in [-0.39, 0.29) is 30.0 Å². The average Bonchev–Trinajstić information content (AvgIpc) is 2.39. The molecule has 0 radical (unpaired) electrons. The second-order valence-electron chi connectivity index (χ2n) is 5.89. The topological polar surface area (TPSA) is 47.3 Å². The summed E-state index contributed by atoms with van der Waals surface area (Å²) in [5, 5.41) is 8.91. The Kier molecular flexibility index (Phi) is 4.75. The minimum Gasteiger partial charge on any atom is -0.333 e. The summed E-state index contributed by atoms with van der Waals surface area (Å²) in [5.41, 5.74) is -0.134. The fourth-order valence-corrected chi connectivity index (χ4v) is 2.70. The lowest BCUT2D eigenvalue weighted by molar-refractivity contribution is -0.142. The number of carbonyl (C=O) groups excluding carboxylic acids is 1. The largest absolute Gasteiger partial charge is 0.333 e. The van der Waals surface area contributed by atoms with E-state index < -0.39 is 0 Å². The predicted octanol–water partition coefficient (Wildman–Crippen LogP) is 2.01. The quantitative estimate of drug-likeness (QED) is 0.771. The Hall–Kier alpha value is -1.08. The molecular formula is C14H25N3O. The van der Waals surface area contributed by atoms with Crippen LogP contribution in [0.1, 0.15) is 47.0 Å². The second kappa shape index (κ2) is 5.71. The van der Waals surface area contributed by atoms with E-state index in [1.54, 1.807) is 0 Å². The lowest BCUT2D eigenvalue weighted by Crippen LogP contribution is -2.54. The van der Waals surface area contributed by atoms with Crippen LogP contribution < -0.4 is 0 Å². The van der Waals surface area contributed by atoms with Crippen LogP contribution in [0.2, 0.25) is 0 Å². The van der Waals surface area contributed by atoms with Crippen molar-refractivity contribution in [2.45, 2.75) is 64.6 Å². The van der Waals surface area contributed by atoms with E-state index in [4.69, 9.17) is 5.26 Å². The molecule has 1 amide bonds. The van der Waals surface area contributed by atoms with E-state index in [0.29, 0.717) is 0 Å². The van der Waals surface area contributed by atoms with Gasteiger partial charge >= 0.3 is 0 Å². The van der Waals surface area contributed by atoms with Crippen molar-refractivity contribution in [3.8, 4) is 6.07 Å². The average molecular weight is 251 g/mol. The van der Waals surface area contributed by atoms with Gasteiger partial charge in [0.25, 0.3) is 0 Å². The Labute approximate surface area is 111 Å². The molecule has 0 bridgehead atoms. The van der Waals surface area contributed by atoms with Crippen LogP contribution in [0.5, 0.6) is 0 Å². The normalized spacial score (nSPS) is 26.6. The first kappa shape index (κ1) is 15.0. The fourth-order valence-electron chi connectivity index (χ4n) is 2.70. The van der Waals surface area contributed by atoms with Crippen LogP contribution in [-0.2, 0) is 4.79 Å². The highest BCUT2D eigenvalue weighted by molar-refractivity contribution is 5.83. The molecule has 2 atom stereocenters. The highest BCUT2D eigenvalue weighted by Gasteiger charge is 2.41. The van der Waals surface area contributed by atoms with Crippen molar-refractivity contribution < 1.29 is 4.79 Å². The molecule has 1 aliphatic rings. The molecule has 4 heteroatoms. The van der Waals surface area contributed by atoms with Gasteiger partial charge in [-0.3, -0.25) is 9.69 Å². The number of nitriles is 1. The second-order valence-corrected chi connectivity index (χ2v) is 5.89. The maximum atomic E-state index is 12.7. The van der Waals surface area contributed by atoms with Gasteiger partial charge in [-0.25, -0.2) is 0 Å². The molecule has 0 spiro atoms. The number of hydrogen-bond donors (Lipinski definition) is 0. The van der Waals surface area contributed by atoms with Crippen molar-refractivity contribution in [3.63, 3.8) is 0 Å². The third kappa shape index (κ3) is 2.84. The Morgan fingerprint density at radius 1 is 1.56 bits per heavy atom. The van der Waals surface area contributed by atoms with E-state index in [1.807, 2.05) is 16.8 Å². The molecule has 0 aromatic heterocycles. The number of carbonyl (C=O) groups is 1. The van der Waals surface area contributed by atoms with Crippen molar-refractivity contribution in [2.75, 3.05) is 13.6 Å². The van der Waals surface area contributed by atoms with Crippen molar-refractivity contribution in [3.05, 3.63) is 0 Å². The van der Waals surface area contributed by atoms with E-state index in [9.17, 15) is 4.79 Å². The monoisotopic (exact) mass is 251 g/mol. The lowest BCUT2D eigenvalue weighted by atomic mass is 9.95. The molecule has 1 aliphatic heterocycles. The molecule has 0 aromatic carbocycles. The Bertz CT molecular complexity index is 345. The third-order valence-corrected chi connectivity index (χ3v) is 4.10. The van der Waals surface area contributed by atoms with Crippen molar-refractivity contribution in [1.82, 2.24) is 9.80 Å². The first-order chi connectivity index (χ1) is 8.35. The summed E-state index contributed by atoms with van der Waals surface area (Å²) in [7, 11) is 1.94. The van der Waals surface area contributed by atoms with E-state index in [0.717, 1.165) is 19.4 Å². The summed E-state index contributed by atoms with van der Waals surface area (Å²) in [6.07, 6.45) is 2.16. The van der Waals surface area contributed by atoms with Crippen LogP contribution in [0.3, 0.4) is 0 Å². The molecule has 0 N–H and O–H groups in total. The molecule has 1 rings (SSSR count). The minimum absolute atomic E-state index is 0.107. The van der Waals surface area contributed by atoms with E-state index in [2.05, 4.69) is 33.8 Å². The molecule has 1 fully saturated rings. The maximum Gasteiger partial charge on any atom is 0.241 e. The van der Waals surface area contributed by atoms with Crippen LogP contribution in [0.15, 0.2) is 0 Å². The van der Waals surface area contributed by atoms with Gasteiger partial charge in [0.1, 0.15) is 6.04 Å². The number of likely N-dealkylation sites (N-methyl/N-ethyl adjacent to an activating group) is 1. The summed E-state index contributed by atoms with van der Waals surface area (Å²) < 4.78 is 0. The highest BCUT2D eigenvalue weighted by Crippen LogP contribution is 2.29. The number of nitrogens with zero attached hydrogens (tertiary/aromatic N) is 3. The van der Waals surface area contributed by atoms with Gasteiger partial charge in [0.05, 0.1) is 12.5 Å². The highest BCUT2D eigenvalue weighted by atomic mass is 16.2. The van der Waals surface area contributed by atoms with E-state index >= 15 is 0 Å². The van der Waals surface area contributed by atoms with Gasteiger partial charge in [-0.2, -0.15) is 5.26 Å². The SMILES string of the molecule is CCC(C)N1C(=O)C(CC#N)N(C)CCC1(C)C.